The molecular formula is C13H16N2OS. The van der Waals surface area contributed by atoms with Crippen LogP contribution in [-0.4, -0.2) is 11.5 Å². The molecule has 0 atom stereocenters. The first-order chi connectivity index (χ1) is 8.29. The molecule has 2 rings (SSSR count). The van der Waals surface area contributed by atoms with Crippen LogP contribution in [0.15, 0.2) is 30.5 Å². The lowest BCUT2D eigenvalue weighted by Gasteiger charge is -2.09. The lowest BCUT2D eigenvalue weighted by atomic mass is 10.1. The molecule has 2 aromatic rings. The monoisotopic (exact) mass is 248 g/mol. The van der Waals surface area contributed by atoms with E-state index in [4.69, 9.17) is 10.5 Å². The van der Waals surface area contributed by atoms with Crippen LogP contribution in [0.2, 0.25) is 0 Å². The van der Waals surface area contributed by atoms with Crippen molar-refractivity contribution in [1.29, 1.82) is 0 Å². The zero-order valence-electron chi connectivity index (χ0n) is 9.85. The number of para-hydroxylation sites is 1. The largest absolute Gasteiger partial charge is 0.488 e. The van der Waals surface area contributed by atoms with E-state index in [9.17, 15) is 0 Å². The van der Waals surface area contributed by atoms with Crippen molar-refractivity contribution in [3.63, 3.8) is 0 Å². The number of ether oxygens (including phenoxy) is 1. The molecule has 0 saturated carbocycles. The number of hydrogen-bond acceptors (Lipinski definition) is 4. The summed E-state index contributed by atoms with van der Waals surface area (Å²) < 4.78 is 5.80. The fourth-order valence-corrected chi connectivity index (χ4v) is 2.34. The fourth-order valence-electron chi connectivity index (χ4n) is 1.63. The third kappa shape index (κ3) is 3.28. The van der Waals surface area contributed by atoms with Crippen LogP contribution in [0.1, 0.15) is 15.4 Å². The van der Waals surface area contributed by atoms with E-state index in [1.54, 1.807) is 11.3 Å². The van der Waals surface area contributed by atoms with Crippen LogP contribution in [0.3, 0.4) is 0 Å². The number of hydrogen-bond donors (Lipinski definition) is 1. The van der Waals surface area contributed by atoms with Crippen molar-refractivity contribution in [3.05, 3.63) is 45.9 Å². The topological polar surface area (TPSA) is 48.1 Å². The summed E-state index contributed by atoms with van der Waals surface area (Å²) in [6.45, 7) is 3.21. The van der Waals surface area contributed by atoms with Crippen LogP contribution in [0.25, 0.3) is 0 Å². The number of nitrogens with zero attached hydrogens (tertiary/aromatic N) is 1. The summed E-state index contributed by atoms with van der Waals surface area (Å²) >= 11 is 1.67. The van der Waals surface area contributed by atoms with Gasteiger partial charge in [-0.3, -0.25) is 0 Å². The predicted octanol–water partition coefficient (Wildman–Crippen LogP) is 2.53. The Balaban J connectivity index is 2.03. The minimum Gasteiger partial charge on any atom is -0.488 e. The summed E-state index contributed by atoms with van der Waals surface area (Å²) in [6.07, 6.45) is 2.71. The second kappa shape index (κ2) is 5.80. The van der Waals surface area contributed by atoms with Crippen molar-refractivity contribution >= 4 is 11.3 Å². The molecule has 0 amide bonds. The quantitative estimate of drug-likeness (QED) is 0.884. The fraction of sp³-hybridized carbons (Fsp3) is 0.308. The summed E-state index contributed by atoms with van der Waals surface area (Å²) in [6, 6.07) is 8.03. The van der Waals surface area contributed by atoms with Crippen molar-refractivity contribution in [1.82, 2.24) is 4.98 Å². The first-order valence-electron chi connectivity index (χ1n) is 5.61. The lowest BCUT2D eigenvalue weighted by Crippen LogP contribution is -2.05. The second-order valence-corrected chi connectivity index (χ2v) is 5.10. The highest BCUT2D eigenvalue weighted by atomic mass is 32.1. The number of aryl methyl sites for hydroxylation is 1. The Kier molecular flexibility index (Phi) is 4.12. The third-order valence-electron chi connectivity index (χ3n) is 2.43. The highest BCUT2D eigenvalue weighted by Gasteiger charge is 2.04. The molecule has 1 aromatic carbocycles. The van der Waals surface area contributed by atoms with Gasteiger partial charge in [-0.2, -0.15) is 0 Å². The molecule has 0 bridgehead atoms. The average molecular weight is 248 g/mol. The van der Waals surface area contributed by atoms with Crippen molar-refractivity contribution in [2.75, 3.05) is 6.54 Å². The van der Waals surface area contributed by atoms with Gasteiger partial charge in [0.1, 0.15) is 12.4 Å². The lowest BCUT2D eigenvalue weighted by molar-refractivity contribution is 0.306. The van der Waals surface area contributed by atoms with Gasteiger partial charge in [0.25, 0.3) is 0 Å². The second-order valence-electron chi connectivity index (χ2n) is 3.78. The minimum absolute atomic E-state index is 0.576. The third-order valence-corrected chi connectivity index (χ3v) is 3.31. The molecule has 0 spiro atoms. The molecular weight excluding hydrogens is 232 g/mol. The van der Waals surface area contributed by atoms with E-state index in [-0.39, 0.29) is 0 Å². The van der Waals surface area contributed by atoms with E-state index in [0.29, 0.717) is 13.2 Å². The molecule has 0 radical (unpaired) electrons. The summed E-state index contributed by atoms with van der Waals surface area (Å²) in [5.41, 5.74) is 6.74. The van der Waals surface area contributed by atoms with Crippen molar-refractivity contribution in [2.45, 2.75) is 20.0 Å². The molecule has 0 aliphatic rings. The number of aromatic nitrogens is 1. The Hall–Kier alpha value is -1.39. The van der Waals surface area contributed by atoms with Crippen molar-refractivity contribution < 1.29 is 4.74 Å². The molecule has 1 heterocycles. The number of nitrogens with two attached hydrogens (primary N) is 1. The predicted molar refractivity (Wildman–Crippen MR) is 70.4 cm³/mol. The molecule has 17 heavy (non-hydrogen) atoms. The van der Waals surface area contributed by atoms with E-state index < -0.39 is 0 Å². The minimum atomic E-state index is 0.576. The van der Waals surface area contributed by atoms with Crippen molar-refractivity contribution in [3.8, 4) is 5.75 Å². The van der Waals surface area contributed by atoms with E-state index in [1.807, 2.05) is 31.3 Å². The smallest absolute Gasteiger partial charge is 0.124 e. The van der Waals surface area contributed by atoms with Gasteiger partial charge in [-0.05, 0) is 31.5 Å². The molecule has 4 heteroatoms. The van der Waals surface area contributed by atoms with Crippen molar-refractivity contribution in [2.24, 2.45) is 5.73 Å². The molecule has 3 nitrogen and oxygen atoms in total. The van der Waals surface area contributed by atoms with Crippen LogP contribution in [0.5, 0.6) is 5.75 Å². The average Bonchev–Trinajstić information content (AvgIpc) is 2.74. The molecule has 2 N–H and O–H groups in total. The van der Waals surface area contributed by atoms with Gasteiger partial charge in [0.05, 0.1) is 9.88 Å². The number of benzene rings is 1. The normalized spacial score (nSPS) is 10.5. The summed E-state index contributed by atoms with van der Waals surface area (Å²) in [4.78, 5) is 5.35. The maximum absolute atomic E-state index is 5.80. The zero-order valence-corrected chi connectivity index (χ0v) is 10.7. The van der Waals surface area contributed by atoms with Crippen LogP contribution < -0.4 is 10.5 Å². The summed E-state index contributed by atoms with van der Waals surface area (Å²) in [7, 11) is 0. The Bertz CT molecular complexity index is 482. The molecule has 0 fully saturated rings. The van der Waals surface area contributed by atoms with Crippen LogP contribution in [-0.2, 0) is 13.0 Å². The Labute approximate surface area is 105 Å². The van der Waals surface area contributed by atoms with Gasteiger partial charge in [0, 0.05) is 6.20 Å². The highest BCUT2D eigenvalue weighted by molar-refractivity contribution is 7.11. The molecule has 90 valence electrons. The summed E-state index contributed by atoms with van der Waals surface area (Å²) in [5, 5.41) is 1.07. The molecule has 0 aliphatic heterocycles. The molecule has 0 unspecified atom stereocenters. The van der Waals surface area contributed by atoms with Gasteiger partial charge < -0.3 is 10.5 Å². The van der Waals surface area contributed by atoms with Gasteiger partial charge >= 0.3 is 0 Å². The SMILES string of the molecule is Cc1ncc(COc2ccccc2CCN)s1. The highest BCUT2D eigenvalue weighted by Crippen LogP contribution is 2.21. The van der Waals surface area contributed by atoms with Gasteiger partial charge in [0.15, 0.2) is 0 Å². The first kappa shape index (κ1) is 12.1. The van der Waals surface area contributed by atoms with E-state index >= 15 is 0 Å². The molecule has 0 aliphatic carbocycles. The summed E-state index contributed by atoms with van der Waals surface area (Å²) in [5.74, 6) is 0.920. The van der Waals surface area contributed by atoms with Gasteiger partial charge in [-0.15, -0.1) is 11.3 Å². The molecule has 0 saturated heterocycles. The zero-order chi connectivity index (χ0) is 12.1. The maximum Gasteiger partial charge on any atom is 0.124 e. The van der Waals surface area contributed by atoms with Crippen LogP contribution in [0, 0.1) is 6.92 Å². The van der Waals surface area contributed by atoms with Crippen LogP contribution in [0.4, 0.5) is 0 Å². The van der Waals surface area contributed by atoms with E-state index in [0.717, 1.165) is 27.6 Å². The van der Waals surface area contributed by atoms with Gasteiger partial charge in [-0.1, -0.05) is 18.2 Å². The van der Waals surface area contributed by atoms with Gasteiger partial charge in [-0.25, -0.2) is 4.98 Å². The Morgan fingerprint density at radius 1 is 1.35 bits per heavy atom. The number of rotatable bonds is 5. The van der Waals surface area contributed by atoms with Gasteiger partial charge in [0.2, 0.25) is 0 Å². The number of thiazole rings is 1. The Morgan fingerprint density at radius 2 is 2.18 bits per heavy atom. The first-order valence-corrected chi connectivity index (χ1v) is 6.43. The Morgan fingerprint density at radius 3 is 2.88 bits per heavy atom. The standard InChI is InChI=1S/C13H16N2OS/c1-10-15-8-12(17-10)9-16-13-5-3-2-4-11(13)6-7-14/h2-5,8H,6-7,9,14H2,1H3. The molecule has 1 aromatic heterocycles. The maximum atomic E-state index is 5.80. The van der Waals surface area contributed by atoms with E-state index in [1.165, 1.54) is 0 Å². The van der Waals surface area contributed by atoms with E-state index in [2.05, 4.69) is 11.1 Å². The van der Waals surface area contributed by atoms with Crippen LogP contribution >= 0.6 is 11.3 Å².